The Morgan fingerprint density at radius 1 is 1.19 bits per heavy atom. The number of benzene rings is 2. The molecule has 1 aliphatic rings. The van der Waals surface area contributed by atoms with Crippen molar-refractivity contribution in [3.8, 4) is 0 Å². The number of halogens is 2. The molecule has 10 heteroatoms. The van der Waals surface area contributed by atoms with Crippen LogP contribution in [0.4, 0.5) is 24.4 Å². The molecule has 32 heavy (non-hydrogen) atoms. The second-order valence-corrected chi connectivity index (χ2v) is 8.22. The number of imide groups is 1. The Bertz CT molecular complexity index is 1220. The van der Waals surface area contributed by atoms with E-state index in [-0.39, 0.29) is 18.0 Å². The van der Waals surface area contributed by atoms with Gasteiger partial charge in [-0.15, -0.1) is 11.3 Å². The minimum Gasteiger partial charge on any atom is -0.319 e. The van der Waals surface area contributed by atoms with Crippen LogP contribution in [0.15, 0.2) is 53.9 Å². The molecule has 1 aromatic heterocycles. The smallest absolute Gasteiger partial charge is 0.319 e. The fraction of sp³-hybridized carbons (Fsp3) is 0.182. The zero-order chi connectivity index (χ0) is 23.0. The summed E-state index contributed by atoms with van der Waals surface area (Å²) in [6.07, 6.45) is 0. The highest BCUT2D eigenvalue weighted by molar-refractivity contribution is 7.14. The van der Waals surface area contributed by atoms with Gasteiger partial charge in [0, 0.05) is 17.9 Å². The normalized spacial score (nSPS) is 18.1. The molecular weight excluding hydrogens is 438 g/mol. The van der Waals surface area contributed by atoms with Gasteiger partial charge in [0.1, 0.15) is 17.2 Å². The summed E-state index contributed by atoms with van der Waals surface area (Å²) in [5, 5.41) is 4.46. The molecule has 2 heterocycles. The number of amides is 4. The summed E-state index contributed by atoms with van der Waals surface area (Å²) >= 11 is 1.18. The van der Waals surface area contributed by atoms with Crippen molar-refractivity contribution in [1.82, 2.24) is 15.2 Å². The number of nitrogens with zero attached hydrogens (tertiary/aromatic N) is 3. The van der Waals surface area contributed by atoms with Crippen LogP contribution in [0.5, 0.6) is 0 Å². The van der Waals surface area contributed by atoms with Crippen LogP contribution in [0, 0.1) is 11.6 Å². The Labute approximate surface area is 186 Å². The van der Waals surface area contributed by atoms with Crippen molar-refractivity contribution in [2.75, 3.05) is 4.90 Å². The van der Waals surface area contributed by atoms with Crippen molar-refractivity contribution in [2.24, 2.45) is 0 Å². The lowest BCUT2D eigenvalue weighted by atomic mass is 9.91. The van der Waals surface area contributed by atoms with E-state index in [1.807, 2.05) is 6.07 Å². The zero-order valence-electron chi connectivity index (χ0n) is 17.1. The van der Waals surface area contributed by atoms with Crippen molar-refractivity contribution < 1.29 is 23.2 Å². The third-order valence-corrected chi connectivity index (χ3v) is 6.00. The van der Waals surface area contributed by atoms with Gasteiger partial charge in [-0.1, -0.05) is 18.2 Å². The molecule has 2 aromatic carbocycles. The third kappa shape index (κ3) is 3.73. The molecule has 1 unspecified atom stereocenters. The number of rotatable bonds is 5. The molecule has 4 rings (SSSR count). The number of carbonyl (C=O) groups excluding carboxylic acids is 3. The number of hydrogen-bond acceptors (Lipinski definition) is 5. The van der Waals surface area contributed by atoms with Gasteiger partial charge >= 0.3 is 6.03 Å². The van der Waals surface area contributed by atoms with Crippen LogP contribution in [-0.2, 0) is 21.7 Å². The lowest BCUT2D eigenvalue weighted by molar-refractivity contribution is -0.131. The minimum atomic E-state index is -1.75. The van der Waals surface area contributed by atoms with Crippen molar-refractivity contribution in [3.63, 3.8) is 0 Å². The Morgan fingerprint density at radius 3 is 2.59 bits per heavy atom. The van der Waals surface area contributed by atoms with Crippen LogP contribution in [0.3, 0.4) is 0 Å². The number of aromatic nitrogens is 1. The highest BCUT2D eigenvalue weighted by Gasteiger charge is 2.50. The van der Waals surface area contributed by atoms with E-state index in [0.717, 1.165) is 23.1 Å². The molecule has 1 fully saturated rings. The Morgan fingerprint density at radius 2 is 1.91 bits per heavy atom. The van der Waals surface area contributed by atoms with E-state index >= 15 is 0 Å². The first-order valence-corrected chi connectivity index (χ1v) is 10.5. The van der Waals surface area contributed by atoms with Crippen LogP contribution in [0.2, 0.25) is 0 Å². The van der Waals surface area contributed by atoms with Crippen molar-refractivity contribution in [3.05, 3.63) is 76.8 Å². The molecule has 3 aromatic rings. The fourth-order valence-corrected chi connectivity index (χ4v) is 4.42. The highest BCUT2D eigenvalue weighted by atomic mass is 32.1. The van der Waals surface area contributed by atoms with Crippen molar-refractivity contribution in [1.29, 1.82) is 0 Å². The molecule has 1 aliphatic heterocycles. The fourth-order valence-electron chi connectivity index (χ4n) is 3.54. The first-order valence-electron chi connectivity index (χ1n) is 9.60. The molecule has 0 radical (unpaired) electrons. The summed E-state index contributed by atoms with van der Waals surface area (Å²) in [5.41, 5.74) is -1.01. The summed E-state index contributed by atoms with van der Waals surface area (Å²) < 4.78 is 28.0. The van der Waals surface area contributed by atoms with E-state index in [2.05, 4.69) is 10.3 Å². The molecule has 0 spiro atoms. The Kier molecular flexibility index (Phi) is 5.47. The summed E-state index contributed by atoms with van der Waals surface area (Å²) in [4.78, 5) is 44.5. The maximum absolute atomic E-state index is 14.3. The number of para-hydroxylation sites is 1. The summed E-state index contributed by atoms with van der Waals surface area (Å²) in [6, 6.07) is 10.9. The minimum absolute atomic E-state index is 0.186. The molecule has 0 aliphatic carbocycles. The van der Waals surface area contributed by atoms with Crippen LogP contribution in [-0.4, -0.2) is 27.7 Å². The average molecular weight is 456 g/mol. The van der Waals surface area contributed by atoms with Crippen LogP contribution >= 0.6 is 11.3 Å². The molecule has 1 saturated heterocycles. The van der Waals surface area contributed by atoms with Gasteiger partial charge in [-0.3, -0.25) is 19.4 Å². The SMILES string of the molecule is CC(=O)N(c1ccccc1)c1nc(CN2C(=O)NC(C)(c3cc(F)ccc3F)C2=O)cs1. The van der Waals surface area contributed by atoms with Crippen LogP contribution in [0.1, 0.15) is 25.1 Å². The second-order valence-electron chi connectivity index (χ2n) is 7.38. The molecular formula is C22H18F2N4O3S. The van der Waals surface area contributed by atoms with E-state index in [0.29, 0.717) is 16.5 Å². The van der Waals surface area contributed by atoms with Gasteiger partial charge in [0.05, 0.1) is 17.9 Å². The standard InChI is InChI=1S/C22H18F2N4O3S/c1-13(29)28(16-6-4-3-5-7-16)21-25-15(12-32-21)11-27-19(30)22(2,26-20(27)31)17-10-14(23)8-9-18(17)24/h3-10,12H,11H2,1-2H3,(H,26,31). The van der Waals surface area contributed by atoms with Gasteiger partial charge in [-0.05, 0) is 37.3 Å². The Hall–Kier alpha value is -3.66. The number of anilines is 2. The summed E-state index contributed by atoms with van der Waals surface area (Å²) in [5.74, 6) is -2.51. The average Bonchev–Trinajstić information content (AvgIpc) is 3.29. The molecule has 0 bridgehead atoms. The summed E-state index contributed by atoms with van der Waals surface area (Å²) in [6.45, 7) is 2.54. The first-order chi connectivity index (χ1) is 15.2. The quantitative estimate of drug-likeness (QED) is 0.587. The number of urea groups is 1. The lowest BCUT2D eigenvalue weighted by Crippen LogP contribution is -2.41. The summed E-state index contributed by atoms with van der Waals surface area (Å²) in [7, 11) is 0. The van der Waals surface area contributed by atoms with E-state index < -0.39 is 29.1 Å². The molecule has 4 amide bonds. The van der Waals surface area contributed by atoms with E-state index in [9.17, 15) is 23.2 Å². The topological polar surface area (TPSA) is 82.6 Å². The molecule has 7 nitrogen and oxygen atoms in total. The molecule has 0 saturated carbocycles. The van der Waals surface area contributed by atoms with Crippen molar-refractivity contribution >= 4 is 40.0 Å². The van der Waals surface area contributed by atoms with Gasteiger partial charge in [-0.2, -0.15) is 0 Å². The van der Waals surface area contributed by atoms with Crippen LogP contribution < -0.4 is 10.2 Å². The number of hydrogen-bond donors (Lipinski definition) is 1. The first kappa shape index (κ1) is 21.6. The molecule has 1 N–H and O–H groups in total. The predicted molar refractivity (Wildman–Crippen MR) is 114 cm³/mol. The van der Waals surface area contributed by atoms with E-state index in [4.69, 9.17) is 0 Å². The largest absolute Gasteiger partial charge is 0.325 e. The molecule has 1 atom stereocenters. The maximum Gasteiger partial charge on any atom is 0.325 e. The number of thiazole rings is 1. The van der Waals surface area contributed by atoms with E-state index in [1.165, 1.54) is 30.1 Å². The lowest BCUT2D eigenvalue weighted by Gasteiger charge is -2.22. The third-order valence-electron chi connectivity index (χ3n) is 5.12. The van der Waals surface area contributed by atoms with Gasteiger partial charge in [0.15, 0.2) is 5.13 Å². The highest BCUT2D eigenvalue weighted by Crippen LogP contribution is 2.33. The Balaban J connectivity index is 1.60. The second kappa shape index (κ2) is 8.12. The van der Waals surface area contributed by atoms with E-state index in [1.54, 1.807) is 29.6 Å². The monoisotopic (exact) mass is 456 g/mol. The molecule has 164 valence electrons. The maximum atomic E-state index is 14.3. The number of nitrogens with one attached hydrogen (secondary N) is 1. The van der Waals surface area contributed by atoms with Crippen LogP contribution in [0.25, 0.3) is 0 Å². The van der Waals surface area contributed by atoms with Gasteiger partial charge in [0.25, 0.3) is 5.91 Å². The van der Waals surface area contributed by atoms with Gasteiger partial charge in [-0.25, -0.2) is 18.6 Å². The van der Waals surface area contributed by atoms with Gasteiger partial charge in [0.2, 0.25) is 5.91 Å². The van der Waals surface area contributed by atoms with Crippen molar-refractivity contribution in [2.45, 2.75) is 25.9 Å². The number of carbonyl (C=O) groups is 3. The van der Waals surface area contributed by atoms with Gasteiger partial charge < -0.3 is 5.32 Å². The predicted octanol–water partition coefficient (Wildman–Crippen LogP) is 4.07. The zero-order valence-corrected chi connectivity index (χ0v) is 18.0.